The van der Waals surface area contributed by atoms with Crippen LogP contribution in [0.1, 0.15) is 0 Å². The van der Waals surface area contributed by atoms with Crippen LogP contribution in [0.2, 0.25) is 0 Å². The van der Waals surface area contributed by atoms with Crippen molar-refractivity contribution < 1.29 is 16.8 Å². The van der Waals surface area contributed by atoms with Crippen LogP contribution in [-0.4, -0.2) is 30.9 Å². The summed E-state index contributed by atoms with van der Waals surface area (Å²) in [7, 11) is -5.71. The minimum atomic E-state index is -4.72. The molecule has 0 fully saturated rings. The Kier molecular flexibility index (Phi) is 3.49. The van der Waals surface area contributed by atoms with Crippen LogP contribution >= 0.6 is 0 Å². The van der Waals surface area contributed by atoms with Gasteiger partial charge in [-0.1, -0.05) is 24.3 Å². The third-order valence-corrected chi connectivity index (χ3v) is 6.80. The Morgan fingerprint density at radius 3 is 2.00 bits per heavy atom. The lowest BCUT2D eigenvalue weighted by Crippen LogP contribution is -2.24. The molecule has 108 valence electrons. The zero-order valence-electron chi connectivity index (χ0n) is 10.9. The summed E-state index contributed by atoms with van der Waals surface area (Å²) in [6, 6.07) is 9.50. The molecule has 0 saturated carbocycles. The molecule has 2 aromatic carbocycles. The Hall–Kier alpha value is -1.64. The number of nitrogens with zero attached hydrogens (tertiary/aromatic N) is 1. The summed E-state index contributed by atoms with van der Waals surface area (Å²) in [6.07, 6.45) is 0. The third-order valence-electron chi connectivity index (χ3n) is 2.92. The molecular weight excluding hydrogens is 300 g/mol. The lowest BCUT2D eigenvalue weighted by atomic mass is 10.1. The van der Waals surface area contributed by atoms with Crippen molar-refractivity contribution in [2.45, 2.75) is 4.90 Å². The highest BCUT2D eigenvalue weighted by Crippen LogP contribution is 2.31. The fourth-order valence-electron chi connectivity index (χ4n) is 2.00. The Balaban J connectivity index is 2.92. The van der Waals surface area contributed by atoms with Crippen molar-refractivity contribution >= 4 is 34.4 Å². The first-order chi connectivity index (χ1) is 9.16. The molecule has 6 nitrogen and oxygen atoms in total. The highest BCUT2D eigenvalue weighted by Gasteiger charge is 2.29. The molecule has 0 heterocycles. The molecule has 0 aliphatic heterocycles. The van der Waals surface area contributed by atoms with E-state index in [1.807, 2.05) is 25.1 Å². The average Bonchev–Trinajstić information content (AvgIpc) is 2.35. The van der Waals surface area contributed by atoms with Gasteiger partial charge in [-0.2, -0.15) is 8.42 Å². The first-order valence-electron chi connectivity index (χ1n) is 5.63. The molecule has 2 N–H and O–H groups in total. The van der Waals surface area contributed by atoms with Gasteiger partial charge in [0, 0.05) is 30.6 Å². The number of hydrogen-bond acceptors (Lipinski definition) is 5. The second-order valence-corrected chi connectivity index (χ2v) is 9.51. The van der Waals surface area contributed by atoms with Gasteiger partial charge in [0.15, 0.2) is 0 Å². The number of anilines is 1. The van der Waals surface area contributed by atoms with E-state index in [0.717, 1.165) is 5.69 Å². The zero-order valence-corrected chi connectivity index (χ0v) is 12.6. The summed E-state index contributed by atoms with van der Waals surface area (Å²) in [5.41, 5.74) is 0.786. The molecule has 20 heavy (non-hydrogen) atoms. The second kappa shape index (κ2) is 4.72. The van der Waals surface area contributed by atoms with E-state index in [1.165, 1.54) is 12.1 Å². The number of rotatable bonds is 3. The maximum Gasteiger partial charge on any atom is 0.319 e. The van der Waals surface area contributed by atoms with Crippen molar-refractivity contribution in [1.82, 2.24) is 0 Å². The predicted molar refractivity (Wildman–Crippen MR) is 78.6 cm³/mol. The summed E-state index contributed by atoms with van der Waals surface area (Å²) in [5, 5.41) is 5.78. The van der Waals surface area contributed by atoms with E-state index in [1.54, 1.807) is 18.2 Å². The van der Waals surface area contributed by atoms with Gasteiger partial charge >= 0.3 is 9.06 Å². The van der Waals surface area contributed by atoms with Gasteiger partial charge in [-0.3, -0.25) is 0 Å². The largest absolute Gasteiger partial charge is 0.377 e. The van der Waals surface area contributed by atoms with Crippen molar-refractivity contribution in [3.63, 3.8) is 0 Å². The minimum Gasteiger partial charge on any atom is -0.377 e. The summed E-state index contributed by atoms with van der Waals surface area (Å²) in [4.78, 5) is 1.51. The maximum absolute atomic E-state index is 12.0. The highest BCUT2D eigenvalue weighted by atomic mass is 33.2. The number of nitrogens with two attached hydrogens (primary N) is 1. The molecule has 0 unspecified atom stereocenters. The van der Waals surface area contributed by atoms with Crippen LogP contribution in [0.15, 0.2) is 41.3 Å². The normalized spacial score (nSPS) is 12.6. The fourth-order valence-corrected chi connectivity index (χ4v) is 4.13. The molecule has 2 rings (SSSR count). The van der Waals surface area contributed by atoms with E-state index < -0.39 is 17.9 Å². The van der Waals surface area contributed by atoms with Gasteiger partial charge in [0.05, 0.1) is 4.90 Å². The molecule has 0 radical (unpaired) electrons. The lowest BCUT2D eigenvalue weighted by Gasteiger charge is -2.16. The maximum atomic E-state index is 12.0. The lowest BCUT2D eigenvalue weighted by molar-refractivity contribution is 0.584. The van der Waals surface area contributed by atoms with E-state index in [2.05, 4.69) is 0 Å². The van der Waals surface area contributed by atoms with Crippen LogP contribution in [0.5, 0.6) is 0 Å². The van der Waals surface area contributed by atoms with Gasteiger partial charge in [-0.05, 0) is 12.1 Å². The van der Waals surface area contributed by atoms with Gasteiger partial charge in [-0.15, -0.1) is 0 Å². The van der Waals surface area contributed by atoms with Crippen molar-refractivity contribution in [2.75, 3.05) is 19.0 Å². The molecule has 0 spiro atoms. The summed E-state index contributed by atoms with van der Waals surface area (Å²) in [5.74, 6) is 0. The molecule has 0 amide bonds. The average molecular weight is 314 g/mol. The minimum absolute atomic E-state index is 0.304. The summed E-state index contributed by atoms with van der Waals surface area (Å²) < 4.78 is 46.6. The van der Waals surface area contributed by atoms with Crippen LogP contribution in [0, 0.1) is 0 Å². The first-order valence-corrected chi connectivity index (χ1v) is 9.18. The molecular formula is C12H14N2O4S2. The Bertz CT molecular complexity index is 871. The number of fused-ring (bicyclic) bond motifs is 1. The molecule has 8 heteroatoms. The quantitative estimate of drug-likeness (QED) is 0.848. The Morgan fingerprint density at radius 1 is 0.900 bits per heavy atom. The fraction of sp³-hybridized carbons (Fsp3) is 0.167. The van der Waals surface area contributed by atoms with E-state index in [0.29, 0.717) is 10.8 Å². The molecule has 0 bridgehead atoms. The SMILES string of the molecule is CN(C)c1cccc2c(S(=O)(=O)S(N)(=O)=O)cccc12. The van der Waals surface area contributed by atoms with Crippen LogP contribution in [0.3, 0.4) is 0 Å². The van der Waals surface area contributed by atoms with Gasteiger partial charge < -0.3 is 4.90 Å². The predicted octanol–water partition coefficient (Wildman–Crippen LogP) is 0.883. The smallest absolute Gasteiger partial charge is 0.319 e. The second-order valence-electron chi connectivity index (χ2n) is 4.47. The summed E-state index contributed by atoms with van der Waals surface area (Å²) >= 11 is 0. The standard InChI is InChI=1S/C12H14N2O4S2/c1-14(2)11-7-3-6-10-9(11)5-4-8-12(10)19(15,16)20(13,17)18/h3-8H,1-2H3,(H2,13,17,18). The molecule has 0 aromatic heterocycles. The third kappa shape index (κ3) is 2.26. The van der Waals surface area contributed by atoms with Crippen molar-refractivity contribution in [3.05, 3.63) is 36.4 Å². The zero-order chi connectivity index (χ0) is 15.1. The summed E-state index contributed by atoms with van der Waals surface area (Å²) in [6.45, 7) is 0. The monoisotopic (exact) mass is 314 g/mol. The van der Waals surface area contributed by atoms with E-state index in [9.17, 15) is 16.8 Å². The van der Waals surface area contributed by atoms with Gasteiger partial charge in [0.1, 0.15) is 0 Å². The van der Waals surface area contributed by atoms with E-state index in [-0.39, 0.29) is 4.90 Å². The molecule has 0 aliphatic rings. The van der Waals surface area contributed by atoms with Gasteiger partial charge in [0.2, 0.25) is 0 Å². The van der Waals surface area contributed by atoms with Crippen molar-refractivity contribution in [3.8, 4) is 0 Å². The number of benzene rings is 2. The molecule has 0 atom stereocenters. The molecule has 0 saturated heterocycles. The Morgan fingerprint density at radius 2 is 1.45 bits per heavy atom. The highest BCUT2D eigenvalue weighted by molar-refractivity contribution is 8.66. The topological polar surface area (TPSA) is 97.5 Å². The van der Waals surface area contributed by atoms with Gasteiger partial charge in [0.25, 0.3) is 8.87 Å². The van der Waals surface area contributed by atoms with E-state index in [4.69, 9.17) is 5.14 Å². The molecule has 2 aromatic rings. The molecule has 0 aliphatic carbocycles. The van der Waals surface area contributed by atoms with E-state index >= 15 is 0 Å². The van der Waals surface area contributed by atoms with Crippen molar-refractivity contribution in [2.24, 2.45) is 5.14 Å². The van der Waals surface area contributed by atoms with Crippen LogP contribution < -0.4 is 10.0 Å². The van der Waals surface area contributed by atoms with Gasteiger partial charge in [-0.25, -0.2) is 13.6 Å². The van der Waals surface area contributed by atoms with Crippen molar-refractivity contribution in [1.29, 1.82) is 0 Å². The Labute approximate surface area is 117 Å². The first kappa shape index (κ1) is 14.8. The number of hydrogen-bond donors (Lipinski definition) is 1. The van der Waals surface area contributed by atoms with Crippen LogP contribution in [-0.2, 0) is 17.9 Å². The van der Waals surface area contributed by atoms with Crippen LogP contribution in [0.4, 0.5) is 5.69 Å². The van der Waals surface area contributed by atoms with Crippen LogP contribution in [0.25, 0.3) is 10.8 Å².